The first-order valence-corrected chi connectivity index (χ1v) is 14.8. The molecule has 9 heteroatoms. The summed E-state index contributed by atoms with van der Waals surface area (Å²) in [6.07, 6.45) is 2.91. The fraction of sp³-hybridized carbons (Fsp3) is 0.621. The molecule has 1 spiro atoms. The van der Waals surface area contributed by atoms with Gasteiger partial charge in [0.1, 0.15) is 6.04 Å². The van der Waals surface area contributed by atoms with Gasteiger partial charge in [-0.3, -0.25) is 14.4 Å². The number of esters is 1. The van der Waals surface area contributed by atoms with Crippen LogP contribution in [0.4, 0.5) is 5.69 Å². The number of rotatable bonds is 10. The first-order chi connectivity index (χ1) is 18.0. The van der Waals surface area contributed by atoms with Gasteiger partial charge >= 0.3 is 5.97 Å². The Morgan fingerprint density at radius 2 is 2.11 bits per heavy atom. The van der Waals surface area contributed by atoms with Crippen LogP contribution in [0.3, 0.4) is 0 Å². The maximum atomic E-state index is 14.8. The van der Waals surface area contributed by atoms with E-state index in [2.05, 4.69) is 13.5 Å². The van der Waals surface area contributed by atoms with Crippen molar-refractivity contribution in [2.24, 2.45) is 23.7 Å². The number of aliphatic hydroxyl groups is 1. The summed E-state index contributed by atoms with van der Waals surface area (Å²) in [4.78, 5) is 45.6. The number of nitrogens with zero attached hydrogens (tertiary/aromatic N) is 2. The van der Waals surface area contributed by atoms with Gasteiger partial charge in [-0.25, -0.2) is 0 Å². The molecular formula is C29H39ClN2O5S. The molecule has 0 aliphatic carbocycles. The smallest absolute Gasteiger partial charge is 0.310 e. The van der Waals surface area contributed by atoms with Crippen LogP contribution in [-0.2, 0) is 19.1 Å². The van der Waals surface area contributed by atoms with E-state index in [-0.39, 0.29) is 54.6 Å². The fourth-order valence-corrected chi connectivity index (χ4v) is 9.71. The molecule has 1 aromatic carbocycles. The van der Waals surface area contributed by atoms with Gasteiger partial charge in [-0.1, -0.05) is 50.6 Å². The number of carbonyl (C=O) groups is 3. The van der Waals surface area contributed by atoms with Crippen molar-refractivity contribution in [2.45, 2.75) is 69.5 Å². The molecule has 3 aliphatic heterocycles. The molecule has 7 atom stereocenters. The summed E-state index contributed by atoms with van der Waals surface area (Å²) in [7, 11) is 0. The lowest BCUT2D eigenvalue weighted by Crippen LogP contribution is -2.59. The summed E-state index contributed by atoms with van der Waals surface area (Å²) in [6, 6.07) is 4.06. The second-order valence-corrected chi connectivity index (χ2v) is 13.1. The number of amides is 2. The van der Waals surface area contributed by atoms with Crippen molar-refractivity contribution in [2.75, 3.05) is 24.7 Å². The molecule has 3 fully saturated rings. The van der Waals surface area contributed by atoms with Gasteiger partial charge in [0.25, 0.3) is 5.91 Å². The average Bonchev–Trinajstić information content (AvgIpc) is 3.45. The van der Waals surface area contributed by atoms with Gasteiger partial charge < -0.3 is 19.6 Å². The van der Waals surface area contributed by atoms with Crippen LogP contribution in [0.1, 0.15) is 46.1 Å². The number of likely N-dealkylation sites (tertiary alicyclic amines) is 1. The minimum absolute atomic E-state index is 0.00685. The lowest BCUT2D eigenvalue weighted by atomic mass is 9.66. The van der Waals surface area contributed by atoms with Crippen LogP contribution in [-0.4, -0.2) is 69.6 Å². The van der Waals surface area contributed by atoms with E-state index in [4.69, 9.17) is 16.3 Å². The Morgan fingerprint density at radius 3 is 2.68 bits per heavy atom. The van der Waals surface area contributed by atoms with Gasteiger partial charge in [0.05, 0.1) is 46.5 Å². The molecule has 4 rings (SSSR count). The Kier molecular flexibility index (Phi) is 8.55. The van der Waals surface area contributed by atoms with Crippen molar-refractivity contribution in [1.82, 2.24) is 4.90 Å². The van der Waals surface area contributed by atoms with E-state index < -0.39 is 28.7 Å². The zero-order chi connectivity index (χ0) is 27.9. The second kappa shape index (κ2) is 11.2. The molecule has 0 aromatic heterocycles. The standard InChI is InChI=1S/C29H39ClN2O5S/c1-7-12-31(24-17(5)10-9-11-20(24)30)27(35)25-29-18(6)14-21(38-29)22(28(36)37-8-2)23(29)26(34)32(25)19(15-33)13-16(3)4/h7,9-11,16,18-19,21-23,25,33H,1,8,12-15H2,2-6H3/t18?,19-,21-,22+,23+,25?,29?/m1/s1. The van der Waals surface area contributed by atoms with E-state index in [0.717, 1.165) is 12.0 Å². The summed E-state index contributed by atoms with van der Waals surface area (Å²) in [5, 5.41) is 10.8. The van der Waals surface area contributed by atoms with Gasteiger partial charge in [-0.05, 0) is 50.2 Å². The number of fused-ring (bicyclic) bond motifs is 1. The van der Waals surface area contributed by atoms with Crippen molar-refractivity contribution in [3.8, 4) is 0 Å². The number of hydrogen-bond donors (Lipinski definition) is 1. The molecule has 2 amide bonds. The number of aliphatic hydroxyl groups excluding tert-OH is 1. The number of carbonyl (C=O) groups excluding carboxylic acids is 3. The SMILES string of the molecule is C=CCN(C(=O)C1N([C@@H](CO)CC(C)C)C(=O)[C@@H]2[C@@H](C(=O)OCC)[C@H]3CC(C)C12S3)c1c(C)cccc1Cl. The highest BCUT2D eigenvalue weighted by Crippen LogP contribution is 2.69. The average molecular weight is 563 g/mol. The maximum absolute atomic E-state index is 14.8. The van der Waals surface area contributed by atoms with Gasteiger partial charge in [0, 0.05) is 11.8 Å². The molecule has 208 valence electrons. The zero-order valence-electron chi connectivity index (χ0n) is 22.9. The Bertz CT molecular complexity index is 1090. The molecule has 1 N–H and O–H groups in total. The first-order valence-electron chi connectivity index (χ1n) is 13.5. The van der Waals surface area contributed by atoms with Crippen LogP contribution in [0.2, 0.25) is 5.02 Å². The molecule has 1 aromatic rings. The van der Waals surface area contributed by atoms with Crippen molar-refractivity contribution < 1.29 is 24.2 Å². The van der Waals surface area contributed by atoms with Gasteiger partial charge in [-0.15, -0.1) is 18.3 Å². The Morgan fingerprint density at radius 1 is 1.39 bits per heavy atom. The third-order valence-electron chi connectivity index (χ3n) is 8.36. The van der Waals surface area contributed by atoms with Gasteiger partial charge in [0.15, 0.2) is 0 Å². The number of anilines is 1. The highest BCUT2D eigenvalue weighted by Gasteiger charge is 2.77. The highest BCUT2D eigenvalue weighted by molar-refractivity contribution is 8.02. The van der Waals surface area contributed by atoms with E-state index in [1.54, 1.807) is 40.6 Å². The summed E-state index contributed by atoms with van der Waals surface area (Å²) >= 11 is 8.23. The number of para-hydroxylation sites is 1. The maximum Gasteiger partial charge on any atom is 0.310 e. The van der Waals surface area contributed by atoms with Gasteiger partial charge in [0.2, 0.25) is 5.91 Å². The molecule has 2 bridgehead atoms. The highest BCUT2D eigenvalue weighted by atomic mass is 35.5. The van der Waals surface area contributed by atoms with Crippen molar-refractivity contribution >= 4 is 46.8 Å². The molecule has 0 saturated carbocycles. The fourth-order valence-electron chi connectivity index (χ4n) is 6.99. The largest absolute Gasteiger partial charge is 0.466 e. The van der Waals surface area contributed by atoms with E-state index in [1.165, 1.54) is 0 Å². The number of ether oxygens (including phenoxy) is 1. The van der Waals surface area contributed by atoms with Crippen molar-refractivity contribution in [3.05, 3.63) is 41.4 Å². The quantitative estimate of drug-likeness (QED) is 0.334. The Hall–Kier alpha value is -2.03. The van der Waals surface area contributed by atoms with E-state index in [9.17, 15) is 19.5 Å². The van der Waals surface area contributed by atoms with Crippen LogP contribution >= 0.6 is 23.4 Å². The second-order valence-electron chi connectivity index (χ2n) is 11.2. The predicted molar refractivity (Wildman–Crippen MR) is 151 cm³/mol. The summed E-state index contributed by atoms with van der Waals surface area (Å²) in [5.41, 5.74) is 1.42. The van der Waals surface area contributed by atoms with E-state index in [1.807, 2.05) is 32.9 Å². The zero-order valence-corrected chi connectivity index (χ0v) is 24.4. The predicted octanol–water partition coefficient (Wildman–Crippen LogP) is 4.47. The molecule has 7 nitrogen and oxygen atoms in total. The molecule has 0 radical (unpaired) electrons. The Balaban J connectivity index is 1.90. The molecule has 3 heterocycles. The number of thioether (sulfide) groups is 1. The number of halogens is 1. The molecular weight excluding hydrogens is 524 g/mol. The van der Waals surface area contributed by atoms with Crippen LogP contribution in [0, 0.1) is 30.6 Å². The van der Waals surface area contributed by atoms with E-state index in [0.29, 0.717) is 17.1 Å². The normalized spacial score (nSPS) is 30.5. The molecule has 38 heavy (non-hydrogen) atoms. The monoisotopic (exact) mass is 562 g/mol. The minimum atomic E-state index is -0.865. The van der Waals surface area contributed by atoms with Crippen LogP contribution in [0.15, 0.2) is 30.9 Å². The number of aryl methyl sites for hydroxylation is 1. The topological polar surface area (TPSA) is 87.2 Å². The summed E-state index contributed by atoms with van der Waals surface area (Å²) in [5.74, 6) is -1.98. The lowest BCUT2D eigenvalue weighted by molar-refractivity contribution is -0.154. The van der Waals surface area contributed by atoms with Crippen molar-refractivity contribution in [1.29, 1.82) is 0 Å². The van der Waals surface area contributed by atoms with Gasteiger partial charge in [-0.2, -0.15) is 0 Å². The molecule has 3 saturated heterocycles. The number of hydrogen-bond acceptors (Lipinski definition) is 6. The summed E-state index contributed by atoms with van der Waals surface area (Å²) < 4.78 is 4.63. The van der Waals surface area contributed by atoms with Crippen LogP contribution < -0.4 is 4.90 Å². The lowest BCUT2D eigenvalue weighted by Gasteiger charge is -2.42. The first kappa shape index (κ1) is 29.0. The third kappa shape index (κ3) is 4.46. The van der Waals surface area contributed by atoms with E-state index >= 15 is 0 Å². The van der Waals surface area contributed by atoms with Crippen LogP contribution in [0.25, 0.3) is 0 Å². The summed E-state index contributed by atoms with van der Waals surface area (Å²) in [6.45, 7) is 13.8. The molecule has 3 aliphatic rings. The van der Waals surface area contributed by atoms with Crippen LogP contribution in [0.5, 0.6) is 0 Å². The Labute approximate surface area is 234 Å². The number of benzene rings is 1. The minimum Gasteiger partial charge on any atom is -0.466 e. The third-order valence-corrected chi connectivity index (χ3v) is 10.7. The van der Waals surface area contributed by atoms with Crippen molar-refractivity contribution in [3.63, 3.8) is 0 Å². The molecule has 3 unspecified atom stereocenters.